The Morgan fingerprint density at radius 1 is 1.45 bits per heavy atom. The molecule has 1 aliphatic carbocycles. The Kier molecular flexibility index (Phi) is 6.96. The second-order valence-corrected chi connectivity index (χ2v) is 6.62. The van der Waals surface area contributed by atoms with Crippen LogP contribution >= 0.6 is 0 Å². The first-order chi connectivity index (χ1) is 9.40. The van der Waals surface area contributed by atoms with Gasteiger partial charge >= 0.3 is 5.97 Å². The molecule has 2 atom stereocenters. The second-order valence-electron chi connectivity index (χ2n) is 6.62. The largest absolute Gasteiger partial charge is 0.465 e. The van der Waals surface area contributed by atoms with E-state index in [0.29, 0.717) is 6.61 Å². The lowest BCUT2D eigenvalue weighted by molar-refractivity contribution is -0.151. The molecule has 0 heterocycles. The molecule has 0 amide bonds. The lowest BCUT2D eigenvalue weighted by atomic mass is 9.85. The smallest absolute Gasteiger partial charge is 0.326 e. The average Bonchev–Trinajstić information content (AvgIpc) is 2.77. The van der Waals surface area contributed by atoms with Crippen molar-refractivity contribution in [3.05, 3.63) is 0 Å². The van der Waals surface area contributed by atoms with Crippen LogP contribution in [0.25, 0.3) is 0 Å². The molecule has 1 rings (SSSR count). The summed E-state index contributed by atoms with van der Waals surface area (Å²) in [6.45, 7) is 8.87. The van der Waals surface area contributed by atoms with Crippen LogP contribution in [0.15, 0.2) is 0 Å². The van der Waals surface area contributed by atoms with Gasteiger partial charge in [0, 0.05) is 0 Å². The molecular formula is C16H32N2O2. The molecule has 2 unspecified atom stereocenters. The number of hydrogen-bond donors (Lipinski definition) is 1. The molecular weight excluding hydrogens is 252 g/mol. The van der Waals surface area contributed by atoms with Crippen molar-refractivity contribution >= 4 is 5.97 Å². The van der Waals surface area contributed by atoms with Crippen molar-refractivity contribution in [1.82, 2.24) is 4.90 Å². The molecule has 0 aliphatic heterocycles. The predicted molar refractivity (Wildman–Crippen MR) is 82.5 cm³/mol. The molecule has 1 saturated carbocycles. The molecule has 2 N–H and O–H groups in total. The Morgan fingerprint density at radius 2 is 2.15 bits per heavy atom. The summed E-state index contributed by atoms with van der Waals surface area (Å²) in [5, 5.41) is 0. The maximum Gasteiger partial charge on any atom is 0.326 e. The first kappa shape index (κ1) is 17.4. The summed E-state index contributed by atoms with van der Waals surface area (Å²) >= 11 is 0. The van der Waals surface area contributed by atoms with Gasteiger partial charge in [-0.3, -0.25) is 4.79 Å². The molecule has 0 radical (unpaired) electrons. The summed E-state index contributed by atoms with van der Waals surface area (Å²) in [6.07, 6.45) is 5.06. The third-order valence-corrected chi connectivity index (χ3v) is 4.47. The van der Waals surface area contributed by atoms with E-state index < -0.39 is 5.54 Å². The second kappa shape index (κ2) is 7.99. The Morgan fingerprint density at radius 3 is 2.75 bits per heavy atom. The molecule has 0 saturated heterocycles. The molecule has 0 aromatic rings. The van der Waals surface area contributed by atoms with Crippen molar-refractivity contribution in [3.8, 4) is 0 Å². The van der Waals surface area contributed by atoms with Crippen LogP contribution < -0.4 is 5.73 Å². The highest BCUT2D eigenvalue weighted by atomic mass is 16.5. The van der Waals surface area contributed by atoms with Gasteiger partial charge in [0.15, 0.2) is 0 Å². The summed E-state index contributed by atoms with van der Waals surface area (Å²) in [6, 6.07) is 0. The van der Waals surface area contributed by atoms with Gasteiger partial charge in [-0.05, 0) is 64.6 Å². The van der Waals surface area contributed by atoms with Gasteiger partial charge in [-0.1, -0.05) is 20.3 Å². The fraction of sp³-hybridized carbons (Fsp3) is 0.938. The van der Waals surface area contributed by atoms with Crippen LogP contribution in [-0.4, -0.2) is 43.2 Å². The Labute approximate surface area is 124 Å². The maximum atomic E-state index is 12.1. The molecule has 118 valence electrons. The van der Waals surface area contributed by atoms with Gasteiger partial charge in [0.2, 0.25) is 0 Å². The van der Waals surface area contributed by atoms with Crippen LogP contribution in [-0.2, 0) is 9.53 Å². The lowest BCUT2D eigenvalue weighted by Crippen LogP contribution is -2.52. The van der Waals surface area contributed by atoms with E-state index >= 15 is 0 Å². The van der Waals surface area contributed by atoms with Crippen molar-refractivity contribution in [2.45, 2.75) is 58.4 Å². The molecule has 0 bridgehead atoms. The van der Waals surface area contributed by atoms with Crippen molar-refractivity contribution < 1.29 is 9.53 Å². The highest BCUT2D eigenvalue weighted by Gasteiger charge is 2.46. The first-order valence-corrected chi connectivity index (χ1v) is 8.04. The van der Waals surface area contributed by atoms with E-state index in [0.717, 1.165) is 44.7 Å². The average molecular weight is 284 g/mol. The van der Waals surface area contributed by atoms with Crippen molar-refractivity contribution in [2.24, 2.45) is 17.6 Å². The van der Waals surface area contributed by atoms with Gasteiger partial charge < -0.3 is 15.4 Å². The van der Waals surface area contributed by atoms with E-state index in [-0.39, 0.29) is 11.9 Å². The van der Waals surface area contributed by atoms with E-state index in [4.69, 9.17) is 10.5 Å². The third kappa shape index (κ3) is 4.74. The predicted octanol–water partition coefficient (Wildman–Crippen LogP) is 2.42. The topological polar surface area (TPSA) is 55.6 Å². The zero-order chi connectivity index (χ0) is 15.2. The Hall–Kier alpha value is -0.610. The van der Waals surface area contributed by atoms with Crippen LogP contribution in [0.3, 0.4) is 0 Å². The summed E-state index contributed by atoms with van der Waals surface area (Å²) < 4.78 is 5.17. The van der Waals surface area contributed by atoms with Gasteiger partial charge in [-0.25, -0.2) is 0 Å². The van der Waals surface area contributed by atoms with Crippen LogP contribution in [0.4, 0.5) is 0 Å². The molecule has 4 nitrogen and oxygen atoms in total. The zero-order valence-electron chi connectivity index (χ0n) is 13.7. The van der Waals surface area contributed by atoms with E-state index in [1.54, 1.807) is 0 Å². The monoisotopic (exact) mass is 284 g/mol. The number of hydrogen-bond acceptors (Lipinski definition) is 4. The Bertz CT molecular complexity index is 307. The van der Waals surface area contributed by atoms with Gasteiger partial charge in [0.05, 0.1) is 6.61 Å². The molecule has 0 aromatic carbocycles. The van der Waals surface area contributed by atoms with Crippen LogP contribution in [0, 0.1) is 11.8 Å². The van der Waals surface area contributed by atoms with Crippen LogP contribution in [0.2, 0.25) is 0 Å². The van der Waals surface area contributed by atoms with Crippen LogP contribution in [0.5, 0.6) is 0 Å². The van der Waals surface area contributed by atoms with Crippen LogP contribution in [0.1, 0.15) is 52.9 Å². The summed E-state index contributed by atoms with van der Waals surface area (Å²) in [7, 11) is 2.15. The minimum Gasteiger partial charge on any atom is -0.465 e. The normalized spacial score (nSPS) is 26.4. The molecule has 4 heteroatoms. The summed E-state index contributed by atoms with van der Waals surface area (Å²) in [5.74, 6) is 0.799. The maximum absolute atomic E-state index is 12.1. The van der Waals surface area contributed by atoms with Crippen molar-refractivity contribution in [3.63, 3.8) is 0 Å². The minimum absolute atomic E-state index is 0.202. The zero-order valence-corrected chi connectivity index (χ0v) is 13.7. The SMILES string of the molecule is CCOC(=O)C1(N)CCCC1CCN(C)CCC(C)C. The lowest BCUT2D eigenvalue weighted by Gasteiger charge is -2.30. The van der Waals surface area contributed by atoms with Crippen molar-refractivity contribution in [2.75, 3.05) is 26.7 Å². The fourth-order valence-electron chi connectivity index (χ4n) is 3.01. The minimum atomic E-state index is -0.741. The van der Waals surface area contributed by atoms with Gasteiger partial charge in [0.25, 0.3) is 0 Å². The summed E-state index contributed by atoms with van der Waals surface area (Å²) in [4.78, 5) is 14.4. The molecule has 1 fully saturated rings. The van der Waals surface area contributed by atoms with E-state index in [1.165, 1.54) is 6.42 Å². The van der Waals surface area contributed by atoms with Crippen molar-refractivity contribution in [1.29, 1.82) is 0 Å². The fourth-order valence-corrected chi connectivity index (χ4v) is 3.01. The van der Waals surface area contributed by atoms with Gasteiger partial charge in [0.1, 0.15) is 5.54 Å². The van der Waals surface area contributed by atoms with E-state index in [2.05, 4.69) is 25.8 Å². The number of carbonyl (C=O) groups is 1. The standard InChI is InChI=1S/C16H32N2O2/c1-5-20-15(19)16(17)10-6-7-14(16)9-12-18(4)11-8-13(2)3/h13-14H,5-12,17H2,1-4H3. The van der Waals surface area contributed by atoms with E-state index in [1.807, 2.05) is 6.92 Å². The molecule has 20 heavy (non-hydrogen) atoms. The number of nitrogens with zero attached hydrogens (tertiary/aromatic N) is 1. The first-order valence-electron chi connectivity index (χ1n) is 8.04. The number of ether oxygens (including phenoxy) is 1. The number of esters is 1. The third-order valence-electron chi connectivity index (χ3n) is 4.47. The summed E-state index contributed by atoms with van der Waals surface area (Å²) in [5.41, 5.74) is 5.61. The van der Waals surface area contributed by atoms with Gasteiger partial charge in [-0.15, -0.1) is 0 Å². The highest BCUT2D eigenvalue weighted by Crippen LogP contribution is 2.37. The molecule has 1 aliphatic rings. The highest BCUT2D eigenvalue weighted by molar-refractivity contribution is 5.81. The molecule has 0 spiro atoms. The van der Waals surface area contributed by atoms with E-state index in [9.17, 15) is 4.79 Å². The number of nitrogens with two attached hydrogens (primary N) is 1. The molecule has 0 aromatic heterocycles. The number of rotatable bonds is 8. The Balaban J connectivity index is 2.43. The quantitative estimate of drug-likeness (QED) is 0.695. The number of carbonyl (C=O) groups excluding carboxylic acids is 1. The van der Waals surface area contributed by atoms with Gasteiger partial charge in [-0.2, -0.15) is 0 Å².